The largest absolute Gasteiger partial charge is 0.370 e. The van der Waals surface area contributed by atoms with Crippen LogP contribution in [0.4, 0.5) is 0 Å². The van der Waals surface area contributed by atoms with Crippen LogP contribution in [0.3, 0.4) is 0 Å². The molecule has 2 nitrogen and oxygen atoms in total. The molecule has 0 saturated carbocycles. The lowest BCUT2D eigenvalue weighted by atomic mass is 10.3. The van der Waals surface area contributed by atoms with Gasteiger partial charge in [0.15, 0.2) is 0 Å². The molecule has 2 N–H and O–H groups in total. The first kappa shape index (κ1) is 16.4. The third-order valence-electron chi connectivity index (χ3n) is 4.28. The Kier molecular flexibility index (Phi) is 5.08. The fourth-order valence-electron chi connectivity index (χ4n) is 3.16. The van der Waals surface area contributed by atoms with Crippen molar-refractivity contribution in [1.82, 2.24) is 0 Å². The summed E-state index contributed by atoms with van der Waals surface area (Å²) in [4.78, 5) is 11.6. The van der Waals surface area contributed by atoms with Gasteiger partial charge in [-0.3, -0.25) is 4.79 Å². The lowest BCUT2D eigenvalue weighted by molar-refractivity contribution is -0.117. The van der Waals surface area contributed by atoms with Gasteiger partial charge in [0.25, 0.3) is 0 Å². The van der Waals surface area contributed by atoms with Crippen LogP contribution in [0.5, 0.6) is 0 Å². The van der Waals surface area contributed by atoms with Crippen molar-refractivity contribution in [2.45, 2.75) is 6.42 Å². The van der Waals surface area contributed by atoms with Crippen LogP contribution < -0.4 is 21.6 Å². The molecule has 0 fully saturated rings. The monoisotopic (exact) mass is 334 g/mol. The van der Waals surface area contributed by atoms with Gasteiger partial charge >= 0.3 is 0 Å². The van der Waals surface area contributed by atoms with Crippen LogP contribution in [0.15, 0.2) is 91.0 Å². The Balaban J connectivity index is 2.26. The summed E-state index contributed by atoms with van der Waals surface area (Å²) >= 11 is 0. The summed E-state index contributed by atoms with van der Waals surface area (Å²) in [6, 6.07) is 31.6. The maximum absolute atomic E-state index is 11.6. The molecule has 0 saturated heterocycles. The number of nitrogens with two attached hydrogens (primary N) is 1. The van der Waals surface area contributed by atoms with Crippen molar-refractivity contribution in [3.8, 4) is 0 Å². The van der Waals surface area contributed by atoms with Gasteiger partial charge in [0, 0.05) is 0 Å². The molecule has 0 spiro atoms. The minimum Gasteiger partial charge on any atom is -0.370 e. The number of primary amides is 1. The number of benzene rings is 3. The third-order valence-corrected chi connectivity index (χ3v) is 8.72. The molecule has 3 rings (SSSR count). The molecule has 0 atom stereocenters. The van der Waals surface area contributed by atoms with Crippen LogP contribution in [-0.2, 0) is 4.79 Å². The molecule has 1 amide bonds. The molecule has 0 radical (unpaired) electrons. The van der Waals surface area contributed by atoms with E-state index in [-0.39, 0.29) is 5.91 Å². The fourth-order valence-corrected chi connectivity index (χ4v) is 7.43. The summed E-state index contributed by atoms with van der Waals surface area (Å²) in [5, 5.41) is 3.84. The Morgan fingerprint density at radius 2 is 1.00 bits per heavy atom. The van der Waals surface area contributed by atoms with Gasteiger partial charge in [0.05, 0.1) is 12.6 Å². The summed E-state index contributed by atoms with van der Waals surface area (Å²) in [6.45, 7) is 0. The SMILES string of the molecule is NC(=O)CC[P+](c1ccccc1)(c1ccccc1)c1ccccc1. The molecule has 3 heteroatoms. The molecule has 0 unspecified atom stereocenters. The van der Waals surface area contributed by atoms with Crippen molar-refractivity contribution in [3.63, 3.8) is 0 Å². The number of carbonyl (C=O) groups is 1. The summed E-state index contributed by atoms with van der Waals surface area (Å²) in [7, 11) is -1.91. The highest BCUT2D eigenvalue weighted by Crippen LogP contribution is 2.55. The Hall–Kier alpha value is -2.44. The average Bonchev–Trinajstić information content (AvgIpc) is 2.65. The van der Waals surface area contributed by atoms with E-state index in [0.717, 1.165) is 6.16 Å². The first-order chi connectivity index (χ1) is 11.7. The second-order valence-corrected chi connectivity index (χ2v) is 9.37. The van der Waals surface area contributed by atoms with Crippen molar-refractivity contribution in [3.05, 3.63) is 91.0 Å². The summed E-state index contributed by atoms with van der Waals surface area (Å²) < 4.78 is 0. The van der Waals surface area contributed by atoms with E-state index in [0.29, 0.717) is 6.42 Å². The molecule has 120 valence electrons. The van der Waals surface area contributed by atoms with Crippen LogP contribution in [0.25, 0.3) is 0 Å². The standard InChI is InChI=1S/C21H20NOP/c22-21(23)16-17-24(18-10-4-1-5-11-18,19-12-6-2-7-13-19)20-14-8-3-9-15-20/h1-15H,16-17H2,(H-,22,23)/p+1. The molecule has 0 aromatic heterocycles. The molecule has 0 aliphatic heterocycles. The predicted octanol–water partition coefficient (Wildman–Crippen LogP) is 2.86. The predicted molar refractivity (Wildman–Crippen MR) is 104 cm³/mol. The first-order valence-electron chi connectivity index (χ1n) is 8.07. The van der Waals surface area contributed by atoms with Crippen LogP contribution in [0, 0.1) is 0 Å². The smallest absolute Gasteiger partial charge is 0.221 e. The van der Waals surface area contributed by atoms with E-state index in [1.807, 2.05) is 18.2 Å². The van der Waals surface area contributed by atoms with Gasteiger partial charge in [0.1, 0.15) is 23.2 Å². The van der Waals surface area contributed by atoms with Gasteiger partial charge in [-0.1, -0.05) is 54.6 Å². The number of hydrogen-bond donors (Lipinski definition) is 1. The topological polar surface area (TPSA) is 43.1 Å². The summed E-state index contributed by atoms with van der Waals surface area (Å²) in [5.41, 5.74) is 5.51. The molecule has 0 aliphatic carbocycles. The van der Waals surface area contributed by atoms with Crippen LogP contribution in [0.2, 0.25) is 0 Å². The third kappa shape index (κ3) is 3.25. The van der Waals surface area contributed by atoms with Crippen molar-refractivity contribution >= 4 is 29.1 Å². The Bertz CT molecular complexity index is 691. The van der Waals surface area contributed by atoms with E-state index >= 15 is 0 Å². The lowest BCUT2D eigenvalue weighted by Crippen LogP contribution is -2.34. The molecule has 0 aliphatic rings. The zero-order chi connectivity index (χ0) is 16.8. The Morgan fingerprint density at radius 1 is 0.667 bits per heavy atom. The first-order valence-corrected chi connectivity index (χ1v) is 10.0. The van der Waals surface area contributed by atoms with Crippen LogP contribution in [0.1, 0.15) is 6.42 Å². The number of rotatable bonds is 6. The number of amides is 1. The Morgan fingerprint density at radius 3 is 1.29 bits per heavy atom. The van der Waals surface area contributed by atoms with Crippen LogP contribution in [-0.4, -0.2) is 12.1 Å². The molecular formula is C21H21NOP+. The van der Waals surface area contributed by atoms with Crippen LogP contribution >= 0.6 is 7.26 Å². The van der Waals surface area contributed by atoms with Gasteiger partial charge in [-0.15, -0.1) is 0 Å². The van der Waals surface area contributed by atoms with Gasteiger partial charge in [-0.2, -0.15) is 0 Å². The Labute approximate surface area is 143 Å². The number of carbonyl (C=O) groups excluding carboxylic acids is 1. The van der Waals surface area contributed by atoms with E-state index in [2.05, 4.69) is 72.8 Å². The second-order valence-electron chi connectivity index (χ2n) is 5.76. The molecule has 3 aromatic carbocycles. The molecule has 0 heterocycles. The average molecular weight is 334 g/mol. The van der Waals surface area contributed by atoms with Crippen molar-refractivity contribution < 1.29 is 4.79 Å². The van der Waals surface area contributed by atoms with Crippen molar-refractivity contribution in [1.29, 1.82) is 0 Å². The second kappa shape index (κ2) is 7.42. The highest BCUT2D eigenvalue weighted by Gasteiger charge is 2.44. The van der Waals surface area contributed by atoms with Crippen molar-refractivity contribution in [2.75, 3.05) is 6.16 Å². The zero-order valence-corrected chi connectivity index (χ0v) is 14.4. The van der Waals surface area contributed by atoms with E-state index in [1.54, 1.807) is 0 Å². The minimum absolute atomic E-state index is 0.248. The lowest BCUT2D eigenvalue weighted by Gasteiger charge is -2.27. The maximum Gasteiger partial charge on any atom is 0.221 e. The maximum atomic E-state index is 11.6. The summed E-state index contributed by atoms with van der Waals surface area (Å²) in [6.07, 6.45) is 1.13. The van der Waals surface area contributed by atoms with E-state index < -0.39 is 7.26 Å². The zero-order valence-electron chi connectivity index (χ0n) is 13.5. The fraction of sp³-hybridized carbons (Fsp3) is 0.0952. The summed E-state index contributed by atoms with van der Waals surface area (Å²) in [5.74, 6) is -0.248. The highest BCUT2D eigenvalue weighted by atomic mass is 31.2. The molecule has 3 aromatic rings. The van der Waals surface area contributed by atoms with Gasteiger partial charge in [0.2, 0.25) is 5.91 Å². The van der Waals surface area contributed by atoms with Gasteiger partial charge in [-0.05, 0) is 36.4 Å². The highest BCUT2D eigenvalue weighted by molar-refractivity contribution is 7.95. The van der Waals surface area contributed by atoms with E-state index in [4.69, 9.17) is 5.73 Å². The quantitative estimate of drug-likeness (QED) is 0.692. The van der Waals surface area contributed by atoms with Crippen molar-refractivity contribution in [2.24, 2.45) is 5.73 Å². The van der Waals surface area contributed by atoms with Gasteiger partial charge in [-0.25, -0.2) is 0 Å². The normalized spacial score (nSPS) is 11.2. The van der Waals surface area contributed by atoms with Gasteiger partial charge < -0.3 is 5.73 Å². The minimum atomic E-state index is -1.91. The molecule has 24 heavy (non-hydrogen) atoms. The molecular weight excluding hydrogens is 313 g/mol. The number of hydrogen-bond acceptors (Lipinski definition) is 1. The van der Waals surface area contributed by atoms with E-state index in [1.165, 1.54) is 15.9 Å². The molecule has 0 bridgehead atoms. The van der Waals surface area contributed by atoms with E-state index in [9.17, 15) is 4.79 Å².